The van der Waals surface area contributed by atoms with Gasteiger partial charge in [0.25, 0.3) is 10.0 Å². The molecule has 2 heterocycles. The maximum atomic E-state index is 11.9. The first kappa shape index (κ1) is 16.0. The molecule has 0 saturated carbocycles. The van der Waals surface area contributed by atoms with Crippen LogP contribution in [0.25, 0.3) is 0 Å². The number of furan rings is 1. The van der Waals surface area contributed by atoms with Gasteiger partial charge in [0, 0.05) is 0 Å². The molecule has 2 N–H and O–H groups in total. The van der Waals surface area contributed by atoms with Crippen LogP contribution in [0.2, 0.25) is 4.34 Å². The first-order valence-electron chi connectivity index (χ1n) is 5.96. The summed E-state index contributed by atoms with van der Waals surface area (Å²) in [6.45, 7) is 1.38. The minimum atomic E-state index is -3.72. The maximum Gasteiger partial charge on any atom is 0.250 e. The maximum absolute atomic E-state index is 11.9. The summed E-state index contributed by atoms with van der Waals surface area (Å²) in [5.74, 6) is 0.140. The monoisotopic (exact) mass is 348 g/mol. The highest BCUT2D eigenvalue weighted by molar-refractivity contribution is 7.91. The summed E-state index contributed by atoms with van der Waals surface area (Å²) in [7, 11) is -3.72. The summed E-state index contributed by atoms with van der Waals surface area (Å²) >= 11 is 6.62. The third-order valence-corrected chi connectivity index (χ3v) is 5.71. The number of amides is 1. The lowest BCUT2D eigenvalue weighted by molar-refractivity contribution is -0.120. The van der Waals surface area contributed by atoms with E-state index in [1.54, 1.807) is 19.1 Å². The molecular weight excluding hydrogens is 336 g/mol. The van der Waals surface area contributed by atoms with E-state index >= 15 is 0 Å². The van der Waals surface area contributed by atoms with Gasteiger partial charge in [-0.2, -0.15) is 0 Å². The van der Waals surface area contributed by atoms with Gasteiger partial charge in [0.1, 0.15) is 9.97 Å². The molecule has 2 rings (SSSR count). The Labute approximate surface area is 131 Å². The fourth-order valence-corrected chi connectivity index (χ4v) is 4.08. The molecule has 0 radical (unpaired) electrons. The number of hydrogen-bond acceptors (Lipinski definition) is 5. The normalized spacial score (nSPS) is 13.0. The van der Waals surface area contributed by atoms with Crippen LogP contribution in [-0.2, 0) is 14.8 Å². The molecule has 2 aromatic rings. The standard InChI is InChI=1S/C12H13ClN2O4S2/c1-8(9-3-2-6-19-9)15-11(16)7-14-21(17,18)12-5-4-10(13)20-12/h2-6,8,14H,7H2,1H3,(H,15,16). The molecule has 9 heteroatoms. The number of carbonyl (C=O) groups excluding carboxylic acids is 1. The molecule has 0 fully saturated rings. The van der Waals surface area contributed by atoms with Crippen molar-refractivity contribution in [2.24, 2.45) is 0 Å². The molecule has 1 atom stereocenters. The first-order chi connectivity index (χ1) is 9.88. The Bertz CT molecular complexity index is 709. The quantitative estimate of drug-likeness (QED) is 0.837. The van der Waals surface area contributed by atoms with E-state index < -0.39 is 15.9 Å². The fraction of sp³-hybridized carbons (Fsp3) is 0.250. The van der Waals surface area contributed by atoms with Gasteiger partial charge >= 0.3 is 0 Å². The Hall–Kier alpha value is -1.35. The Morgan fingerprint density at radius 3 is 2.76 bits per heavy atom. The van der Waals surface area contributed by atoms with Gasteiger partial charge in [0.15, 0.2) is 0 Å². The van der Waals surface area contributed by atoms with Gasteiger partial charge in [-0.05, 0) is 31.2 Å². The molecule has 6 nitrogen and oxygen atoms in total. The van der Waals surface area contributed by atoms with Gasteiger partial charge in [-0.15, -0.1) is 11.3 Å². The van der Waals surface area contributed by atoms with Crippen molar-refractivity contribution in [2.45, 2.75) is 17.2 Å². The van der Waals surface area contributed by atoms with Gasteiger partial charge in [-0.1, -0.05) is 11.6 Å². The fourth-order valence-electron chi connectivity index (χ4n) is 1.58. The average Bonchev–Trinajstić information content (AvgIpc) is 3.07. The number of nitrogens with one attached hydrogen (secondary N) is 2. The summed E-state index contributed by atoms with van der Waals surface area (Å²) in [6, 6.07) is 5.97. The van der Waals surface area contributed by atoms with Crippen LogP contribution in [0.3, 0.4) is 0 Å². The third kappa shape index (κ3) is 4.31. The molecule has 114 valence electrons. The molecule has 1 unspecified atom stereocenters. The van der Waals surface area contributed by atoms with Crippen LogP contribution in [0.5, 0.6) is 0 Å². The topological polar surface area (TPSA) is 88.4 Å². The minimum Gasteiger partial charge on any atom is -0.467 e. The van der Waals surface area contributed by atoms with E-state index in [0.29, 0.717) is 10.1 Å². The lowest BCUT2D eigenvalue weighted by Gasteiger charge is -2.11. The number of carbonyl (C=O) groups is 1. The van der Waals surface area contributed by atoms with Crippen LogP contribution in [0.1, 0.15) is 18.7 Å². The lowest BCUT2D eigenvalue weighted by atomic mass is 10.2. The molecule has 2 aromatic heterocycles. The SMILES string of the molecule is CC(NC(=O)CNS(=O)(=O)c1ccc(Cl)s1)c1ccco1. The minimum absolute atomic E-state index is 0.0689. The van der Waals surface area contributed by atoms with E-state index in [-0.39, 0.29) is 16.8 Å². The molecular formula is C12H13ClN2O4S2. The van der Waals surface area contributed by atoms with Crippen LogP contribution in [0.4, 0.5) is 0 Å². The second-order valence-electron chi connectivity index (χ2n) is 4.19. The molecule has 21 heavy (non-hydrogen) atoms. The third-order valence-electron chi connectivity index (χ3n) is 2.58. The van der Waals surface area contributed by atoms with Crippen LogP contribution >= 0.6 is 22.9 Å². The highest BCUT2D eigenvalue weighted by Crippen LogP contribution is 2.25. The van der Waals surface area contributed by atoms with Crippen molar-refractivity contribution in [2.75, 3.05) is 6.54 Å². The zero-order chi connectivity index (χ0) is 15.5. The van der Waals surface area contributed by atoms with Crippen molar-refractivity contribution in [1.29, 1.82) is 0 Å². The number of hydrogen-bond donors (Lipinski definition) is 2. The Morgan fingerprint density at radius 1 is 1.43 bits per heavy atom. The van der Waals surface area contributed by atoms with E-state index in [9.17, 15) is 13.2 Å². The highest BCUT2D eigenvalue weighted by Gasteiger charge is 2.19. The summed E-state index contributed by atoms with van der Waals surface area (Å²) in [5, 5.41) is 2.63. The summed E-state index contributed by atoms with van der Waals surface area (Å²) in [4.78, 5) is 11.7. The number of halogens is 1. The molecule has 0 spiro atoms. The smallest absolute Gasteiger partial charge is 0.250 e. The van der Waals surface area contributed by atoms with Crippen molar-refractivity contribution in [3.8, 4) is 0 Å². The van der Waals surface area contributed by atoms with Gasteiger partial charge in [0.05, 0.1) is 23.2 Å². The summed E-state index contributed by atoms with van der Waals surface area (Å²) in [5.41, 5.74) is 0. The predicted octanol–water partition coefficient (Wildman–Crippen LogP) is 2.15. The summed E-state index contributed by atoms with van der Waals surface area (Å²) in [6.07, 6.45) is 1.50. The van der Waals surface area contributed by atoms with Gasteiger partial charge < -0.3 is 9.73 Å². The predicted molar refractivity (Wildman–Crippen MR) is 79.8 cm³/mol. The number of sulfonamides is 1. The zero-order valence-electron chi connectivity index (χ0n) is 11.0. The molecule has 1 amide bonds. The van der Waals surface area contributed by atoms with Crippen LogP contribution in [-0.4, -0.2) is 20.9 Å². The van der Waals surface area contributed by atoms with E-state index in [1.165, 1.54) is 18.4 Å². The van der Waals surface area contributed by atoms with Crippen LogP contribution in [0, 0.1) is 0 Å². The van der Waals surface area contributed by atoms with Crippen molar-refractivity contribution in [1.82, 2.24) is 10.0 Å². The molecule has 0 aromatic carbocycles. The number of thiophene rings is 1. The first-order valence-corrected chi connectivity index (χ1v) is 8.64. The second kappa shape index (κ2) is 6.61. The van der Waals surface area contributed by atoms with Crippen molar-refractivity contribution < 1.29 is 17.6 Å². The molecule has 0 aliphatic rings. The van der Waals surface area contributed by atoms with Gasteiger partial charge in [-0.3, -0.25) is 4.79 Å². The van der Waals surface area contributed by atoms with Crippen molar-refractivity contribution >= 4 is 38.9 Å². The Kier molecular flexibility index (Phi) is 5.04. The summed E-state index contributed by atoms with van der Waals surface area (Å²) < 4.78 is 31.6. The Balaban J connectivity index is 1.89. The van der Waals surface area contributed by atoms with E-state index in [2.05, 4.69) is 10.0 Å². The number of rotatable bonds is 6. The lowest BCUT2D eigenvalue weighted by Crippen LogP contribution is -2.37. The van der Waals surface area contributed by atoms with E-state index in [0.717, 1.165) is 11.3 Å². The largest absolute Gasteiger partial charge is 0.467 e. The van der Waals surface area contributed by atoms with Gasteiger partial charge in [-0.25, -0.2) is 13.1 Å². The van der Waals surface area contributed by atoms with Crippen molar-refractivity contribution in [3.05, 3.63) is 40.6 Å². The molecule has 0 aliphatic heterocycles. The van der Waals surface area contributed by atoms with Crippen LogP contribution in [0.15, 0.2) is 39.2 Å². The molecule has 0 saturated heterocycles. The average molecular weight is 349 g/mol. The molecule has 0 bridgehead atoms. The zero-order valence-corrected chi connectivity index (χ0v) is 13.4. The Morgan fingerprint density at radius 2 is 2.19 bits per heavy atom. The molecule has 0 aliphatic carbocycles. The van der Waals surface area contributed by atoms with Gasteiger partial charge in [0.2, 0.25) is 5.91 Å². The highest BCUT2D eigenvalue weighted by atomic mass is 35.5. The second-order valence-corrected chi connectivity index (χ2v) is 7.90. The van der Waals surface area contributed by atoms with Crippen molar-refractivity contribution in [3.63, 3.8) is 0 Å². The van der Waals surface area contributed by atoms with E-state index in [1.807, 2.05) is 0 Å². The van der Waals surface area contributed by atoms with Crippen LogP contribution < -0.4 is 10.0 Å². The van der Waals surface area contributed by atoms with E-state index in [4.69, 9.17) is 16.0 Å².